The average molecular weight is 168 g/mol. The maximum Gasteiger partial charge on any atom is 0.141 e. The Balaban J connectivity index is 2.88. The quantitative estimate of drug-likeness (QED) is 0.732. The second kappa shape index (κ2) is 3.63. The lowest BCUT2D eigenvalue weighted by Gasteiger charge is -2.14. The molecule has 0 radical (unpaired) electrons. The van der Waals surface area contributed by atoms with Crippen LogP contribution < -0.4 is 5.73 Å². The predicted octanol–water partition coefficient (Wildman–Crippen LogP) is 1.88. The number of nitrogens with two attached hydrogens (primary N) is 1. The average Bonchev–Trinajstić information content (AvgIpc) is 2.03. The first-order valence-electron chi connectivity index (χ1n) is 3.97. The van der Waals surface area contributed by atoms with Gasteiger partial charge in [0, 0.05) is 12.2 Å². The molecule has 3 heteroatoms. The minimum absolute atomic E-state index is 0.131. The van der Waals surface area contributed by atoms with Crippen LogP contribution in [-0.4, -0.2) is 4.98 Å². The van der Waals surface area contributed by atoms with Crippen molar-refractivity contribution in [3.8, 4) is 0 Å². The van der Waals surface area contributed by atoms with Crippen molar-refractivity contribution in [2.45, 2.75) is 19.9 Å². The first kappa shape index (κ1) is 9.13. The molecule has 0 saturated carbocycles. The third-order valence-corrected chi connectivity index (χ3v) is 1.83. The predicted molar refractivity (Wildman–Crippen MR) is 46.0 cm³/mol. The Hall–Kier alpha value is -0.960. The lowest BCUT2D eigenvalue weighted by atomic mass is 9.99. The zero-order chi connectivity index (χ0) is 9.14. The summed E-state index contributed by atoms with van der Waals surface area (Å²) in [5.74, 6) is -0.0304. The molecule has 0 fully saturated rings. The molecule has 0 aromatic carbocycles. The summed E-state index contributed by atoms with van der Waals surface area (Å²) >= 11 is 0. The molecule has 2 N–H and O–H groups in total. The normalized spacial score (nSPS) is 13.4. The molecule has 2 nitrogen and oxygen atoms in total. The van der Waals surface area contributed by atoms with E-state index in [0.29, 0.717) is 5.92 Å². The van der Waals surface area contributed by atoms with Gasteiger partial charge in [0.15, 0.2) is 0 Å². The smallest absolute Gasteiger partial charge is 0.141 e. The largest absolute Gasteiger partial charge is 0.324 e. The number of pyridine rings is 1. The number of halogens is 1. The molecule has 66 valence electrons. The molecule has 0 spiro atoms. The summed E-state index contributed by atoms with van der Waals surface area (Å²) < 4.78 is 12.7. The molecule has 0 bridgehead atoms. The van der Waals surface area contributed by atoms with Gasteiger partial charge in [0.25, 0.3) is 0 Å². The second-order valence-corrected chi connectivity index (χ2v) is 3.21. The van der Waals surface area contributed by atoms with Crippen molar-refractivity contribution in [1.29, 1.82) is 0 Å². The first-order valence-corrected chi connectivity index (χ1v) is 3.97. The van der Waals surface area contributed by atoms with Gasteiger partial charge in [-0.2, -0.15) is 0 Å². The van der Waals surface area contributed by atoms with Crippen LogP contribution in [0.1, 0.15) is 25.5 Å². The highest BCUT2D eigenvalue weighted by molar-refractivity contribution is 5.14. The van der Waals surface area contributed by atoms with Crippen LogP contribution in [0.15, 0.2) is 18.5 Å². The Labute approximate surface area is 71.6 Å². The van der Waals surface area contributed by atoms with Gasteiger partial charge in [0.05, 0.1) is 6.20 Å². The van der Waals surface area contributed by atoms with Crippen LogP contribution in [0.2, 0.25) is 0 Å². The van der Waals surface area contributed by atoms with Crippen molar-refractivity contribution in [2.24, 2.45) is 11.7 Å². The number of aromatic nitrogens is 1. The fraction of sp³-hybridized carbons (Fsp3) is 0.444. The lowest BCUT2D eigenvalue weighted by Crippen LogP contribution is -2.16. The zero-order valence-corrected chi connectivity index (χ0v) is 7.29. The van der Waals surface area contributed by atoms with Crippen molar-refractivity contribution in [2.75, 3.05) is 0 Å². The first-order chi connectivity index (χ1) is 5.61. The number of hydrogen-bond acceptors (Lipinski definition) is 2. The highest BCUT2D eigenvalue weighted by atomic mass is 19.1. The van der Waals surface area contributed by atoms with E-state index in [4.69, 9.17) is 5.73 Å². The van der Waals surface area contributed by atoms with Crippen LogP contribution in [0, 0.1) is 11.7 Å². The molecule has 1 heterocycles. The molecule has 0 aliphatic carbocycles. The van der Waals surface area contributed by atoms with E-state index in [1.54, 1.807) is 6.20 Å². The fourth-order valence-electron chi connectivity index (χ4n) is 0.995. The Bertz CT molecular complexity index is 260. The van der Waals surface area contributed by atoms with Crippen molar-refractivity contribution in [3.05, 3.63) is 29.8 Å². The summed E-state index contributed by atoms with van der Waals surface area (Å²) in [5, 5.41) is 0. The van der Waals surface area contributed by atoms with E-state index >= 15 is 0 Å². The summed E-state index contributed by atoms with van der Waals surface area (Å²) in [6, 6.07) is 1.30. The van der Waals surface area contributed by atoms with E-state index in [1.165, 1.54) is 12.3 Å². The molecule has 0 saturated heterocycles. The second-order valence-electron chi connectivity index (χ2n) is 3.21. The Morgan fingerprint density at radius 2 is 2.08 bits per heavy atom. The van der Waals surface area contributed by atoms with Crippen LogP contribution in [0.25, 0.3) is 0 Å². The van der Waals surface area contributed by atoms with E-state index in [0.717, 1.165) is 5.56 Å². The van der Waals surface area contributed by atoms with Crippen LogP contribution in [0.3, 0.4) is 0 Å². The lowest BCUT2D eigenvalue weighted by molar-refractivity contribution is 0.507. The van der Waals surface area contributed by atoms with E-state index in [1.807, 2.05) is 13.8 Å². The van der Waals surface area contributed by atoms with E-state index < -0.39 is 0 Å². The summed E-state index contributed by atoms with van der Waals surface area (Å²) in [6.07, 6.45) is 2.78. The number of nitrogens with zero attached hydrogens (tertiary/aromatic N) is 1. The van der Waals surface area contributed by atoms with Gasteiger partial charge in [-0.25, -0.2) is 4.39 Å². The van der Waals surface area contributed by atoms with Crippen molar-refractivity contribution in [3.63, 3.8) is 0 Å². The van der Waals surface area contributed by atoms with Gasteiger partial charge in [-0.15, -0.1) is 0 Å². The molecule has 1 rings (SSSR count). The minimum atomic E-state index is -0.330. The van der Waals surface area contributed by atoms with Crippen molar-refractivity contribution in [1.82, 2.24) is 4.98 Å². The standard InChI is InChI=1S/C9H13FN2/c1-6(2)9(11)7-3-8(10)5-12-4-7/h3-6,9H,11H2,1-2H3/t9-/m1/s1. The van der Waals surface area contributed by atoms with E-state index in [9.17, 15) is 4.39 Å². The fourth-order valence-corrected chi connectivity index (χ4v) is 0.995. The van der Waals surface area contributed by atoms with Crippen molar-refractivity contribution >= 4 is 0 Å². The molecule has 12 heavy (non-hydrogen) atoms. The Morgan fingerprint density at radius 1 is 1.42 bits per heavy atom. The minimum Gasteiger partial charge on any atom is -0.324 e. The third kappa shape index (κ3) is 2.01. The highest BCUT2D eigenvalue weighted by Gasteiger charge is 2.10. The molecule has 0 aliphatic heterocycles. The van der Waals surface area contributed by atoms with Gasteiger partial charge < -0.3 is 5.73 Å². The Morgan fingerprint density at radius 3 is 2.58 bits per heavy atom. The van der Waals surface area contributed by atoms with Gasteiger partial charge >= 0.3 is 0 Å². The Kier molecular flexibility index (Phi) is 2.76. The summed E-state index contributed by atoms with van der Waals surface area (Å²) in [4.78, 5) is 3.73. The molecular formula is C9H13FN2. The maximum atomic E-state index is 12.7. The highest BCUT2D eigenvalue weighted by Crippen LogP contribution is 2.17. The third-order valence-electron chi connectivity index (χ3n) is 1.83. The summed E-state index contributed by atoms with van der Waals surface area (Å²) in [5.41, 5.74) is 6.55. The SMILES string of the molecule is CC(C)[C@@H](N)c1cncc(F)c1. The number of hydrogen-bond donors (Lipinski definition) is 1. The van der Waals surface area contributed by atoms with Gasteiger partial charge in [0.1, 0.15) is 5.82 Å². The van der Waals surface area contributed by atoms with Crippen LogP contribution in [-0.2, 0) is 0 Å². The molecule has 0 aliphatic rings. The van der Waals surface area contributed by atoms with Gasteiger partial charge in [-0.05, 0) is 17.5 Å². The van der Waals surface area contributed by atoms with Crippen LogP contribution in [0.5, 0.6) is 0 Å². The molecule has 0 amide bonds. The van der Waals surface area contributed by atoms with Gasteiger partial charge in [0.2, 0.25) is 0 Å². The monoisotopic (exact) mass is 168 g/mol. The molecule has 1 aromatic rings. The molecule has 1 aromatic heterocycles. The number of rotatable bonds is 2. The topological polar surface area (TPSA) is 38.9 Å². The molecule has 1 atom stereocenters. The van der Waals surface area contributed by atoms with Gasteiger partial charge in [-0.3, -0.25) is 4.98 Å². The molecular weight excluding hydrogens is 155 g/mol. The van der Waals surface area contributed by atoms with Crippen LogP contribution >= 0.6 is 0 Å². The van der Waals surface area contributed by atoms with Crippen LogP contribution in [0.4, 0.5) is 4.39 Å². The summed E-state index contributed by atoms with van der Waals surface area (Å²) in [7, 11) is 0. The maximum absolute atomic E-state index is 12.7. The van der Waals surface area contributed by atoms with E-state index in [-0.39, 0.29) is 11.9 Å². The zero-order valence-electron chi connectivity index (χ0n) is 7.29. The van der Waals surface area contributed by atoms with Gasteiger partial charge in [-0.1, -0.05) is 13.8 Å². The van der Waals surface area contributed by atoms with E-state index in [2.05, 4.69) is 4.98 Å². The molecule has 0 unspecified atom stereocenters. The van der Waals surface area contributed by atoms with Crippen molar-refractivity contribution < 1.29 is 4.39 Å². The summed E-state index contributed by atoms with van der Waals surface area (Å²) in [6.45, 7) is 3.99.